The predicted octanol–water partition coefficient (Wildman–Crippen LogP) is 1.28. The molecule has 0 radical (unpaired) electrons. The maximum Gasteiger partial charge on any atom is 0.224 e. The van der Waals surface area contributed by atoms with Gasteiger partial charge < -0.3 is 15.0 Å². The van der Waals surface area contributed by atoms with Crippen molar-refractivity contribution in [3.8, 4) is 0 Å². The zero-order chi connectivity index (χ0) is 11.7. The zero-order valence-corrected chi connectivity index (χ0v) is 10.1. The van der Waals surface area contributed by atoms with Crippen molar-refractivity contribution >= 4 is 11.8 Å². The van der Waals surface area contributed by atoms with Crippen molar-refractivity contribution in [3.05, 3.63) is 12.3 Å². The topological polar surface area (TPSA) is 50.3 Å². The fraction of sp³-hybridized carbons (Fsp3) is 0.667. The van der Waals surface area contributed by atoms with E-state index in [1.54, 1.807) is 0 Å². The van der Waals surface area contributed by atoms with E-state index in [2.05, 4.69) is 20.2 Å². The SMILES string of the molecule is CNc1nccc(N2CCOC3CCCC32)n1. The van der Waals surface area contributed by atoms with Crippen LogP contribution in [0.4, 0.5) is 11.8 Å². The molecule has 2 aliphatic rings. The molecule has 92 valence electrons. The van der Waals surface area contributed by atoms with E-state index in [1.807, 2.05) is 19.3 Å². The molecule has 1 aromatic rings. The first-order chi connectivity index (χ1) is 8.38. The average Bonchev–Trinajstić information content (AvgIpc) is 2.87. The Morgan fingerprint density at radius 2 is 2.41 bits per heavy atom. The Morgan fingerprint density at radius 3 is 3.29 bits per heavy atom. The number of fused-ring (bicyclic) bond motifs is 1. The van der Waals surface area contributed by atoms with Crippen molar-refractivity contribution in [1.82, 2.24) is 9.97 Å². The molecule has 3 rings (SSSR count). The first kappa shape index (κ1) is 10.8. The van der Waals surface area contributed by atoms with Crippen LogP contribution in [0, 0.1) is 0 Å². The van der Waals surface area contributed by atoms with Crippen LogP contribution in [-0.2, 0) is 4.74 Å². The number of hydrogen-bond donors (Lipinski definition) is 1. The molecule has 2 fully saturated rings. The molecule has 0 bridgehead atoms. The second kappa shape index (κ2) is 4.49. The van der Waals surface area contributed by atoms with E-state index in [1.165, 1.54) is 19.3 Å². The third-order valence-corrected chi connectivity index (χ3v) is 3.64. The van der Waals surface area contributed by atoms with Crippen LogP contribution in [0.3, 0.4) is 0 Å². The normalized spacial score (nSPS) is 27.9. The summed E-state index contributed by atoms with van der Waals surface area (Å²) in [4.78, 5) is 11.1. The van der Waals surface area contributed by atoms with Gasteiger partial charge in [-0.25, -0.2) is 4.98 Å². The van der Waals surface area contributed by atoms with Crippen molar-refractivity contribution in [2.45, 2.75) is 31.4 Å². The number of nitrogens with zero attached hydrogens (tertiary/aromatic N) is 3. The summed E-state index contributed by atoms with van der Waals surface area (Å²) >= 11 is 0. The second-order valence-electron chi connectivity index (χ2n) is 4.59. The molecule has 2 unspecified atom stereocenters. The van der Waals surface area contributed by atoms with Crippen LogP contribution < -0.4 is 10.2 Å². The summed E-state index contributed by atoms with van der Waals surface area (Å²) in [6, 6.07) is 2.49. The Labute approximate surface area is 101 Å². The van der Waals surface area contributed by atoms with Gasteiger partial charge in [0.1, 0.15) is 5.82 Å². The zero-order valence-electron chi connectivity index (χ0n) is 10.1. The van der Waals surface area contributed by atoms with Gasteiger partial charge in [0.25, 0.3) is 0 Å². The first-order valence-electron chi connectivity index (χ1n) is 6.27. The van der Waals surface area contributed by atoms with E-state index in [9.17, 15) is 0 Å². The Morgan fingerprint density at radius 1 is 1.47 bits per heavy atom. The molecule has 0 amide bonds. The van der Waals surface area contributed by atoms with E-state index in [-0.39, 0.29) is 0 Å². The van der Waals surface area contributed by atoms with Crippen LogP contribution in [0.2, 0.25) is 0 Å². The number of rotatable bonds is 2. The van der Waals surface area contributed by atoms with Gasteiger partial charge in [-0.15, -0.1) is 0 Å². The summed E-state index contributed by atoms with van der Waals surface area (Å²) in [6.07, 6.45) is 5.87. The smallest absolute Gasteiger partial charge is 0.224 e. The van der Waals surface area contributed by atoms with Gasteiger partial charge in [-0.05, 0) is 25.3 Å². The highest BCUT2D eigenvalue weighted by Gasteiger charge is 2.36. The molecule has 1 saturated heterocycles. The summed E-state index contributed by atoms with van der Waals surface area (Å²) in [7, 11) is 1.84. The Bertz CT molecular complexity index is 398. The molecule has 2 heterocycles. The van der Waals surface area contributed by atoms with E-state index >= 15 is 0 Å². The molecule has 0 spiro atoms. The predicted molar refractivity (Wildman–Crippen MR) is 66.3 cm³/mol. The van der Waals surface area contributed by atoms with E-state index < -0.39 is 0 Å². The van der Waals surface area contributed by atoms with Crippen LogP contribution in [0.5, 0.6) is 0 Å². The summed E-state index contributed by atoms with van der Waals surface area (Å²) in [6.45, 7) is 1.74. The standard InChI is InChI=1S/C12H18N4O/c1-13-12-14-6-5-11(15-12)16-7-8-17-10-4-2-3-9(10)16/h5-6,9-10H,2-4,7-8H2,1H3,(H,13,14,15). The molecular formula is C12H18N4O. The van der Waals surface area contributed by atoms with Gasteiger partial charge in [0.15, 0.2) is 0 Å². The van der Waals surface area contributed by atoms with Crippen LogP contribution in [-0.4, -0.2) is 42.3 Å². The Kier molecular flexibility index (Phi) is 2.84. The van der Waals surface area contributed by atoms with Gasteiger partial charge in [-0.1, -0.05) is 0 Å². The van der Waals surface area contributed by atoms with Crippen molar-refractivity contribution in [2.75, 3.05) is 30.4 Å². The lowest BCUT2D eigenvalue weighted by molar-refractivity contribution is 0.0253. The number of nitrogens with one attached hydrogen (secondary N) is 1. The van der Waals surface area contributed by atoms with Gasteiger partial charge in [0, 0.05) is 19.8 Å². The lowest BCUT2D eigenvalue weighted by Gasteiger charge is -2.38. The van der Waals surface area contributed by atoms with E-state index in [0.717, 1.165) is 19.0 Å². The third kappa shape index (κ3) is 1.95. The minimum Gasteiger partial charge on any atom is -0.374 e. The van der Waals surface area contributed by atoms with Crippen LogP contribution in [0.15, 0.2) is 12.3 Å². The van der Waals surface area contributed by atoms with Crippen molar-refractivity contribution < 1.29 is 4.74 Å². The number of aromatic nitrogens is 2. The van der Waals surface area contributed by atoms with Gasteiger partial charge in [0.2, 0.25) is 5.95 Å². The number of morpholine rings is 1. The van der Waals surface area contributed by atoms with Crippen LogP contribution in [0.1, 0.15) is 19.3 Å². The molecule has 1 saturated carbocycles. The maximum absolute atomic E-state index is 5.81. The molecule has 17 heavy (non-hydrogen) atoms. The summed E-state index contributed by atoms with van der Waals surface area (Å²) in [5.41, 5.74) is 0. The number of ether oxygens (including phenoxy) is 1. The van der Waals surface area contributed by atoms with Gasteiger partial charge in [0.05, 0.1) is 18.8 Å². The molecule has 2 atom stereocenters. The lowest BCUT2D eigenvalue weighted by atomic mass is 10.1. The van der Waals surface area contributed by atoms with Gasteiger partial charge >= 0.3 is 0 Å². The first-order valence-corrected chi connectivity index (χ1v) is 6.27. The van der Waals surface area contributed by atoms with Crippen LogP contribution in [0.25, 0.3) is 0 Å². The minimum absolute atomic E-state index is 0.400. The van der Waals surface area contributed by atoms with Crippen molar-refractivity contribution in [1.29, 1.82) is 0 Å². The van der Waals surface area contributed by atoms with Gasteiger partial charge in [-0.2, -0.15) is 4.98 Å². The molecule has 1 aliphatic carbocycles. The minimum atomic E-state index is 0.400. The molecule has 0 aromatic carbocycles. The second-order valence-corrected chi connectivity index (χ2v) is 4.59. The quantitative estimate of drug-likeness (QED) is 0.835. The van der Waals surface area contributed by atoms with Crippen LogP contribution >= 0.6 is 0 Å². The molecule has 1 aliphatic heterocycles. The van der Waals surface area contributed by atoms with Crippen molar-refractivity contribution in [3.63, 3.8) is 0 Å². The average molecular weight is 234 g/mol. The van der Waals surface area contributed by atoms with E-state index in [4.69, 9.17) is 4.74 Å². The molecule has 1 N–H and O–H groups in total. The monoisotopic (exact) mass is 234 g/mol. The summed E-state index contributed by atoms with van der Waals surface area (Å²) < 4.78 is 5.81. The maximum atomic E-state index is 5.81. The molecular weight excluding hydrogens is 216 g/mol. The fourth-order valence-electron chi connectivity index (χ4n) is 2.84. The highest BCUT2D eigenvalue weighted by atomic mass is 16.5. The molecule has 5 heteroatoms. The Balaban J connectivity index is 1.86. The number of anilines is 2. The highest BCUT2D eigenvalue weighted by Crippen LogP contribution is 2.32. The number of hydrogen-bond acceptors (Lipinski definition) is 5. The molecule has 1 aromatic heterocycles. The summed E-state index contributed by atoms with van der Waals surface area (Å²) in [5.74, 6) is 1.70. The Hall–Kier alpha value is -1.36. The fourth-order valence-corrected chi connectivity index (χ4v) is 2.84. The molecule has 5 nitrogen and oxygen atoms in total. The van der Waals surface area contributed by atoms with Gasteiger partial charge in [-0.3, -0.25) is 0 Å². The largest absolute Gasteiger partial charge is 0.374 e. The lowest BCUT2D eigenvalue weighted by Crippen LogP contribution is -2.49. The van der Waals surface area contributed by atoms with Crippen molar-refractivity contribution in [2.24, 2.45) is 0 Å². The van der Waals surface area contributed by atoms with E-state index in [0.29, 0.717) is 18.1 Å². The summed E-state index contributed by atoms with van der Waals surface area (Å²) in [5, 5.41) is 2.99. The third-order valence-electron chi connectivity index (χ3n) is 3.64. The highest BCUT2D eigenvalue weighted by molar-refractivity contribution is 5.44.